The number of Topliss-reactive ketones (excluding diaryl/α,β-unsaturated/α-hetero) is 1. The van der Waals surface area contributed by atoms with E-state index in [0.29, 0.717) is 12.5 Å². The molecular weight excluding hydrogens is 296 g/mol. The molecule has 0 saturated heterocycles. The maximum absolute atomic E-state index is 11.1. The topological polar surface area (TPSA) is 43.4 Å². The first-order valence-corrected chi connectivity index (χ1v) is 6.22. The molecular formula is C16H18FeO3. The van der Waals surface area contributed by atoms with Crippen molar-refractivity contribution in [3.05, 3.63) is 63.2 Å². The Balaban J connectivity index is 0.000000507. The number of rotatable bonds is 4. The number of hydrogen-bond donors (Lipinski definition) is 0. The van der Waals surface area contributed by atoms with E-state index in [1.807, 2.05) is 32.1 Å². The molecule has 10 radical (unpaired) electrons. The number of ketones is 1. The Morgan fingerprint density at radius 3 is 2.00 bits per heavy atom. The Morgan fingerprint density at radius 2 is 1.60 bits per heavy atom. The molecule has 2 aliphatic carbocycles. The van der Waals surface area contributed by atoms with Crippen LogP contribution >= 0.6 is 0 Å². The van der Waals surface area contributed by atoms with Gasteiger partial charge < -0.3 is 4.74 Å². The van der Waals surface area contributed by atoms with Crippen LogP contribution in [0.5, 0.6) is 0 Å². The molecule has 0 atom stereocenters. The van der Waals surface area contributed by atoms with Crippen LogP contribution in [0.2, 0.25) is 0 Å². The molecule has 0 bridgehead atoms. The number of carbonyl (C=O) groups excluding carboxylic acids is 2. The third-order valence-corrected chi connectivity index (χ3v) is 2.43. The van der Waals surface area contributed by atoms with Gasteiger partial charge in [-0.05, 0) is 71.1 Å². The maximum Gasteiger partial charge on any atom is 0.306 e. The minimum atomic E-state index is -0.256. The van der Waals surface area contributed by atoms with E-state index in [1.54, 1.807) is 26.2 Å². The van der Waals surface area contributed by atoms with E-state index in [4.69, 9.17) is 4.74 Å². The molecule has 0 aromatic heterocycles. The van der Waals surface area contributed by atoms with Crippen molar-refractivity contribution in [3.63, 3.8) is 0 Å². The SMILES string of the molecule is CCOC(=O)C[C]1[CH][CH][C](C(C)=O)[CH]1.[CH]1[CH][CH][CH][CH]1.[Fe]. The number of esters is 1. The van der Waals surface area contributed by atoms with Crippen LogP contribution in [-0.4, -0.2) is 18.4 Å². The van der Waals surface area contributed by atoms with Crippen LogP contribution in [0.25, 0.3) is 0 Å². The molecule has 3 nitrogen and oxygen atoms in total. The number of hydrogen-bond acceptors (Lipinski definition) is 3. The smallest absolute Gasteiger partial charge is 0.306 e. The van der Waals surface area contributed by atoms with Crippen molar-refractivity contribution in [1.29, 1.82) is 0 Å². The third-order valence-electron chi connectivity index (χ3n) is 2.43. The van der Waals surface area contributed by atoms with Gasteiger partial charge in [0.05, 0.1) is 13.0 Å². The Kier molecular flexibility index (Phi) is 11.1. The van der Waals surface area contributed by atoms with Crippen molar-refractivity contribution in [1.82, 2.24) is 0 Å². The van der Waals surface area contributed by atoms with Crippen LogP contribution in [0.4, 0.5) is 0 Å². The summed E-state index contributed by atoms with van der Waals surface area (Å²) in [4.78, 5) is 22.0. The predicted octanol–water partition coefficient (Wildman–Crippen LogP) is 2.32. The second-order valence-electron chi connectivity index (χ2n) is 4.01. The Labute approximate surface area is 133 Å². The molecule has 2 fully saturated rings. The summed E-state index contributed by atoms with van der Waals surface area (Å²) in [7, 11) is 0. The predicted molar refractivity (Wildman–Crippen MR) is 72.8 cm³/mol. The van der Waals surface area contributed by atoms with Crippen molar-refractivity contribution >= 4 is 11.8 Å². The van der Waals surface area contributed by atoms with Gasteiger partial charge in [0.1, 0.15) is 5.78 Å². The molecule has 0 heterocycles. The molecule has 0 spiro atoms. The van der Waals surface area contributed by atoms with Crippen LogP contribution in [-0.2, 0) is 31.4 Å². The minimum Gasteiger partial charge on any atom is -0.466 e. The first-order valence-electron chi connectivity index (χ1n) is 6.22. The van der Waals surface area contributed by atoms with Crippen LogP contribution in [0.1, 0.15) is 20.3 Å². The summed E-state index contributed by atoms with van der Waals surface area (Å²) in [5.41, 5.74) is 0. The minimum absolute atomic E-state index is 0. The van der Waals surface area contributed by atoms with Gasteiger partial charge in [-0.2, -0.15) is 0 Å². The van der Waals surface area contributed by atoms with Crippen molar-refractivity contribution in [3.8, 4) is 0 Å². The second kappa shape index (κ2) is 11.3. The average Bonchev–Trinajstić information content (AvgIpc) is 3.02. The number of ether oxygens (including phenoxy) is 1. The van der Waals surface area contributed by atoms with Gasteiger partial charge in [0.25, 0.3) is 0 Å². The Bertz CT molecular complexity index is 280. The van der Waals surface area contributed by atoms with Crippen molar-refractivity contribution in [2.24, 2.45) is 0 Å². The summed E-state index contributed by atoms with van der Waals surface area (Å²) < 4.78 is 4.79. The fourth-order valence-corrected chi connectivity index (χ4v) is 1.52. The fraction of sp³-hybridized carbons (Fsp3) is 0.250. The van der Waals surface area contributed by atoms with E-state index >= 15 is 0 Å². The van der Waals surface area contributed by atoms with Crippen molar-refractivity contribution in [2.45, 2.75) is 20.3 Å². The Morgan fingerprint density at radius 1 is 1.05 bits per heavy atom. The van der Waals surface area contributed by atoms with Crippen LogP contribution < -0.4 is 0 Å². The molecule has 0 aliphatic heterocycles. The molecule has 20 heavy (non-hydrogen) atoms. The molecule has 108 valence electrons. The summed E-state index contributed by atoms with van der Waals surface area (Å²) in [6.45, 7) is 3.66. The summed E-state index contributed by atoms with van der Waals surface area (Å²) in [5, 5.41) is 0. The van der Waals surface area contributed by atoms with E-state index < -0.39 is 0 Å². The molecule has 0 aromatic rings. The fourth-order valence-electron chi connectivity index (χ4n) is 1.52. The standard InChI is InChI=1S/C11H13O3.C5H5.Fe/c1-3-14-11(13)7-9-4-5-10(6-9)8(2)12;1-2-4-5-3-1;/h4-6H,3,7H2,1-2H3;1-5H;. The van der Waals surface area contributed by atoms with Crippen LogP contribution in [0.15, 0.2) is 0 Å². The zero-order chi connectivity index (χ0) is 14.1. The van der Waals surface area contributed by atoms with Gasteiger partial charge in [-0.1, -0.05) is 0 Å². The summed E-state index contributed by atoms with van der Waals surface area (Å²) in [5.74, 6) is 1.23. The molecule has 0 amide bonds. The zero-order valence-corrected chi connectivity index (χ0v) is 12.7. The van der Waals surface area contributed by atoms with E-state index in [1.165, 1.54) is 6.92 Å². The first kappa shape index (κ1) is 19.7. The molecule has 2 aliphatic rings. The second-order valence-corrected chi connectivity index (χ2v) is 4.01. The Hall–Kier alpha value is -0.341. The van der Waals surface area contributed by atoms with Gasteiger partial charge in [-0.25, -0.2) is 0 Å². The van der Waals surface area contributed by atoms with Gasteiger partial charge in [-0.15, -0.1) is 0 Å². The average molecular weight is 314 g/mol. The van der Waals surface area contributed by atoms with E-state index in [9.17, 15) is 9.59 Å². The third kappa shape index (κ3) is 8.06. The van der Waals surface area contributed by atoms with Gasteiger partial charge in [-0.3, -0.25) is 9.59 Å². The van der Waals surface area contributed by atoms with E-state index in [2.05, 4.69) is 0 Å². The molecule has 0 unspecified atom stereocenters. The summed E-state index contributed by atoms with van der Waals surface area (Å²) in [6.07, 6.45) is 15.4. The monoisotopic (exact) mass is 314 g/mol. The molecule has 2 rings (SSSR count). The molecule has 2 saturated carbocycles. The molecule has 0 N–H and O–H groups in total. The van der Waals surface area contributed by atoms with Crippen molar-refractivity contribution in [2.75, 3.05) is 6.61 Å². The summed E-state index contributed by atoms with van der Waals surface area (Å²) in [6, 6.07) is 0. The quantitative estimate of drug-likeness (QED) is 0.591. The van der Waals surface area contributed by atoms with Gasteiger partial charge in [0.2, 0.25) is 0 Å². The van der Waals surface area contributed by atoms with E-state index in [0.717, 1.165) is 5.92 Å². The van der Waals surface area contributed by atoms with Crippen molar-refractivity contribution < 1.29 is 31.4 Å². The van der Waals surface area contributed by atoms with E-state index in [-0.39, 0.29) is 35.2 Å². The first-order chi connectivity index (χ1) is 9.13. The largest absolute Gasteiger partial charge is 0.466 e. The van der Waals surface area contributed by atoms with Crippen LogP contribution in [0.3, 0.4) is 0 Å². The van der Waals surface area contributed by atoms with Crippen LogP contribution in [0, 0.1) is 63.2 Å². The maximum atomic E-state index is 11.1. The zero-order valence-electron chi connectivity index (χ0n) is 11.6. The van der Waals surface area contributed by atoms with Gasteiger partial charge >= 0.3 is 5.97 Å². The van der Waals surface area contributed by atoms with Gasteiger partial charge in [0.15, 0.2) is 0 Å². The normalized spacial score (nSPS) is 18.9. The number of carbonyl (C=O) groups is 2. The summed E-state index contributed by atoms with van der Waals surface area (Å²) >= 11 is 0. The van der Waals surface area contributed by atoms with Gasteiger partial charge in [0, 0.05) is 23.0 Å². The molecule has 4 heteroatoms. The molecule has 0 aromatic carbocycles.